The highest BCUT2D eigenvalue weighted by atomic mass is 15.5. The van der Waals surface area contributed by atoms with Crippen molar-refractivity contribution in [3.05, 3.63) is 35.9 Å². The lowest BCUT2D eigenvalue weighted by molar-refractivity contribution is 0.107. The topological polar surface area (TPSA) is 15.6 Å². The van der Waals surface area contributed by atoms with E-state index in [4.69, 9.17) is 5.10 Å². The average molecular weight is 298 g/mol. The van der Waals surface area contributed by atoms with Gasteiger partial charge in [-0.3, -0.25) is 5.01 Å². The molecule has 2 fully saturated rings. The second-order valence-electron chi connectivity index (χ2n) is 7.20. The van der Waals surface area contributed by atoms with Crippen molar-refractivity contribution in [1.29, 1.82) is 0 Å². The van der Waals surface area contributed by atoms with Gasteiger partial charge in [0.25, 0.3) is 0 Å². The van der Waals surface area contributed by atoms with Crippen LogP contribution in [0, 0.1) is 5.92 Å². The number of nitrogens with zero attached hydrogens (tertiary/aromatic N) is 2. The quantitative estimate of drug-likeness (QED) is 0.697. The summed E-state index contributed by atoms with van der Waals surface area (Å²) in [5.41, 5.74) is 2.68. The Morgan fingerprint density at radius 1 is 0.864 bits per heavy atom. The molecule has 0 radical (unpaired) electrons. The zero-order chi connectivity index (χ0) is 15.4. The van der Waals surface area contributed by atoms with Crippen LogP contribution >= 0.6 is 0 Å². The summed E-state index contributed by atoms with van der Waals surface area (Å²) in [7, 11) is 0. The normalized spacial score (nSPS) is 27.9. The summed E-state index contributed by atoms with van der Waals surface area (Å²) in [6.45, 7) is 4.67. The molecule has 1 aliphatic heterocycles. The van der Waals surface area contributed by atoms with Crippen molar-refractivity contribution in [1.82, 2.24) is 5.01 Å². The maximum absolute atomic E-state index is 5.24. The Morgan fingerprint density at radius 3 is 2.14 bits per heavy atom. The number of benzene rings is 1. The van der Waals surface area contributed by atoms with E-state index in [9.17, 15) is 0 Å². The summed E-state index contributed by atoms with van der Waals surface area (Å²) in [6, 6.07) is 12.0. The molecule has 1 aromatic rings. The fourth-order valence-electron chi connectivity index (χ4n) is 4.09. The van der Waals surface area contributed by atoms with Crippen LogP contribution in [-0.2, 0) is 0 Å². The van der Waals surface area contributed by atoms with Crippen LogP contribution < -0.4 is 0 Å². The minimum absolute atomic E-state index is 0.575. The average Bonchev–Trinajstić information content (AvgIpc) is 2.56. The Labute approximate surface area is 135 Å². The first-order chi connectivity index (χ1) is 10.8. The van der Waals surface area contributed by atoms with Gasteiger partial charge in [0.2, 0.25) is 0 Å². The highest BCUT2D eigenvalue weighted by molar-refractivity contribution is 6.02. The fraction of sp³-hybridized carbons (Fsp3) is 0.650. The van der Waals surface area contributed by atoms with Crippen LogP contribution in [0.3, 0.4) is 0 Å². The predicted octanol–water partition coefficient (Wildman–Crippen LogP) is 5.23. The summed E-state index contributed by atoms with van der Waals surface area (Å²) in [5, 5.41) is 7.64. The first kappa shape index (κ1) is 15.6. The second-order valence-corrected chi connectivity index (χ2v) is 7.20. The zero-order valence-electron chi connectivity index (χ0n) is 14.2. The van der Waals surface area contributed by atoms with Gasteiger partial charge >= 0.3 is 0 Å². The van der Waals surface area contributed by atoms with E-state index >= 15 is 0 Å². The third-order valence-corrected chi connectivity index (χ3v) is 5.43. The van der Waals surface area contributed by atoms with E-state index in [1.165, 1.54) is 62.6 Å². The molecule has 3 rings (SSSR count). The highest BCUT2D eigenvalue weighted by Gasteiger charge is 2.27. The molecule has 0 bridgehead atoms. The van der Waals surface area contributed by atoms with Gasteiger partial charge in [0.05, 0.1) is 5.71 Å². The summed E-state index contributed by atoms with van der Waals surface area (Å²) < 4.78 is 0. The van der Waals surface area contributed by atoms with Gasteiger partial charge in [0.1, 0.15) is 0 Å². The van der Waals surface area contributed by atoms with E-state index in [-0.39, 0.29) is 0 Å². The first-order valence-corrected chi connectivity index (χ1v) is 9.18. The third kappa shape index (κ3) is 3.53. The van der Waals surface area contributed by atoms with Gasteiger partial charge in [-0.05, 0) is 51.5 Å². The number of rotatable bonds is 3. The van der Waals surface area contributed by atoms with Crippen LogP contribution in [0.5, 0.6) is 0 Å². The number of hydrogen-bond acceptors (Lipinski definition) is 2. The Bertz CT molecular complexity index is 478. The minimum atomic E-state index is 0.575. The SMILES string of the molecule is CC1CCCC(C)N1N=C(c1ccccc1)C1CCCCC1. The van der Waals surface area contributed by atoms with Crippen molar-refractivity contribution in [2.24, 2.45) is 11.0 Å². The monoisotopic (exact) mass is 298 g/mol. The second kappa shape index (κ2) is 7.30. The van der Waals surface area contributed by atoms with Gasteiger partial charge in [-0.1, -0.05) is 49.6 Å². The summed E-state index contributed by atoms with van der Waals surface area (Å²) in [5.74, 6) is 0.650. The van der Waals surface area contributed by atoms with Gasteiger partial charge in [-0.15, -0.1) is 0 Å². The van der Waals surface area contributed by atoms with E-state index < -0.39 is 0 Å². The predicted molar refractivity (Wildman–Crippen MR) is 94.2 cm³/mol. The lowest BCUT2D eigenvalue weighted by Crippen LogP contribution is -2.41. The van der Waals surface area contributed by atoms with Crippen LogP contribution in [0.1, 0.15) is 70.8 Å². The Hall–Kier alpha value is -1.31. The van der Waals surface area contributed by atoms with E-state index in [0.717, 1.165) is 0 Å². The number of hydrogen-bond donors (Lipinski definition) is 0. The molecule has 1 aromatic carbocycles. The van der Waals surface area contributed by atoms with E-state index in [2.05, 4.69) is 49.2 Å². The Balaban J connectivity index is 1.91. The molecule has 1 aliphatic carbocycles. The van der Waals surface area contributed by atoms with Crippen molar-refractivity contribution >= 4 is 5.71 Å². The molecule has 0 aromatic heterocycles. The van der Waals surface area contributed by atoms with Crippen molar-refractivity contribution in [2.75, 3.05) is 0 Å². The van der Waals surface area contributed by atoms with Gasteiger partial charge < -0.3 is 0 Å². The Kier molecular flexibility index (Phi) is 5.17. The molecule has 22 heavy (non-hydrogen) atoms. The van der Waals surface area contributed by atoms with Crippen LogP contribution in [0.25, 0.3) is 0 Å². The van der Waals surface area contributed by atoms with Crippen molar-refractivity contribution in [3.63, 3.8) is 0 Å². The summed E-state index contributed by atoms with van der Waals surface area (Å²) in [6.07, 6.45) is 10.6. The molecule has 1 saturated carbocycles. The molecule has 2 aliphatic rings. The lowest BCUT2D eigenvalue weighted by Gasteiger charge is -2.38. The molecule has 2 heteroatoms. The lowest BCUT2D eigenvalue weighted by atomic mass is 9.83. The maximum atomic E-state index is 5.24. The molecule has 0 spiro atoms. The van der Waals surface area contributed by atoms with Crippen molar-refractivity contribution in [3.8, 4) is 0 Å². The van der Waals surface area contributed by atoms with Crippen LogP contribution in [0.2, 0.25) is 0 Å². The molecule has 120 valence electrons. The molecule has 2 unspecified atom stereocenters. The molecular weight excluding hydrogens is 268 g/mol. The minimum Gasteiger partial charge on any atom is -0.291 e. The third-order valence-electron chi connectivity index (χ3n) is 5.43. The standard InChI is InChI=1S/C20H30N2/c1-16-10-9-11-17(2)22(16)21-20(18-12-5-3-6-13-18)19-14-7-4-8-15-19/h3,5-6,12-13,16-17,19H,4,7-11,14-15H2,1-2H3. The van der Waals surface area contributed by atoms with Gasteiger partial charge in [0.15, 0.2) is 0 Å². The van der Waals surface area contributed by atoms with E-state index in [1.807, 2.05) is 0 Å². The number of piperidine rings is 1. The van der Waals surface area contributed by atoms with E-state index in [0.29, 0.717) is 18.0 Å². The molecule has 1 heterocycles. The van der Waals surface area contributed by atoms with Crippen molar-refractivity contribution in [2.45, 2.75) is 77.3 Å². The Morgan fingerprint density at radius 2 is 1.50 bits per heavy atom. The van der Waals surface area contributed by atoms with Gasteiger partial charge in [0, 0.05) is 18.0 Å². The molecule has 0 N–H and O–H groups in total. The number of hydrazone groups is 1. The largest absolute Gasteiger partial charge is 0.291 e. The summed E-state index contributed by atoms with van der Waals surface area (Å²) in [4.78, 5) is 0. The van der Waals surface area contributed by atoms with Crippen LogP contribution in [-0.4, -0.2) is 22.8 Å². The summed E-state index contributed by atoms with van der Waals surface area (Å²) >= 11 is 0. The van der Waals surface area contributed by atoms with Crippen LogP contribution in [0.4, 0.5) is 0 Å². The van der Waals surface area contributed by atoms with Gasteiger partial charge in [-0.25, -0.2) is 0 Å². The first-order valence-electron chi connectivity index (χ1n) is 9.18. The molecule has 2 atom stereocenters. The molecule has 0 amide bonds. The smallest absolute Gasteiger partial charge is 0.0708 e. The van der Waals surface area contributed by atoms with Crippen molar-refractivity contribution < 1.29 is 0 Å². The zero-order valence-corrected chi connectivity index (χ0v) is 14.2. The van der Waals surface area contributed by atoms with E-state index in [1.54, 1.807) is 0 Å². The fourth-order valence-corrected chi connectivity index (χ4v) is 4.09. The highest BCUT2D eigenvalue weighted by Crippen LogP contribution is 2.30. The maximum Gasteiger partial charge on any atom is 0.0708 e. The molecule has 1 saturated heterocycles. The van der Waals surface area contributed by atoms with Crippen LogP contribution in [0.15, 0.2) is 35.4 Å². The molecular formula is C20H30N2. The van der Waals surface area contributed by atoms with Gasteiger partial charge in [-0.2, -0.15) is 5.10 Å². The molecule has 2 nitrogen and oxygen atoms in total.